The van der Waals surface area contributed by atoms with Gasteiger partial charge in [0.15, 0.2) is 5.78 Å². The third kappa shape index (κ3) is 2.51. The number of hydrogen-bond donors (Lipinski definition) is 1. The van der Waals surface area contributed by atoms with Gasteiger partial charge in [0.1, 0.15) is 5.82 Å². The molecule has 4 nitrogen and oxygen atoms in total. The van der Waals surface area contributed by atoms with Crippen molar-refractivity contribution in [3.8, 4) is 0 Å². The van der Waals surface area contributed by atoms with E-state index in [-0.39, 0.29) is 22.4 Å². The van der Waals surface area contributed by atoms with Gasteiger partial charge in [0.25, 0.3) is 0 Å². The molecule has 0 fully saturated rings. The highest BCUT2D eigenvalue weighted by atomic mass is 19.1. The van der Waals surface area contributed by atoms with Crippen LogP contribution in [0.1, 0.15) is 26.3 Å². The molecule has 2 aromatic carbocycles. The van der Waals surface area contributed by atoms with Gasteiger partial charge in [-0.3, -0.25) is 4.79 Å². The van der Waals surface area contributed by atoms with E-state index < -0.39 is 17.6 Å². The number of esters is 1. The van der Waals surface area contributed by atoms with E-state index in [0.717, 1.165) is 0 Å². The van der Waals surface area contributed by atoms with Gasteiger partial charge in [-0.05, 0) is 30.3 Å². The zero-order chi connectivity index (χ0) is 14.7. The van der Waals surface area contributed by atoms with Crippen LogP contribution in [0.5, 0.6) is 0 Å². The predicted molar refractivity (Wildman–Crippen MR) is 72.0 cm³/mol. The molecule has 0 bridgehead atoms. The minimum Gasteiger partial charge on any atom is -0.465 e. The highest BCUT2D eigenvalue weighted by Gasteiger charge is 2.21. The fourth-order valence-corrected chi connectivity index (χ4v) is 1.85. The predicted octanol–water partition coefficient (Wildman–Crippen LogP) is 2.43. The third-order valence-corrected chi connectivity index (χ3v) is 2.84. The largest absolute Gasteiger partial charge is 0.465 e. The Hall–Kier alpha value is -2.69. The standard InChI is InChI=1S/C15H12FNO3/c1-20-15(19)13-11(3-2-4-12(13)17)14(18)9-5-7-10(16)8-6-9/h2-8H,17H2,1H3. The van der Waals surface area contributed by atoms with Crippen LogP contribution in [-0.4, -0.2) is 18.9 Å². The average molecular weight is 273 g/mol. The third-order valence-electron chi connectivity index (χ3n) is 2.84. The maximum absolute atomic E-state index is 12.9. The van der Waals surface area contributed by atoms with Gasteiger partial charge in [0.05, 0.1) is 12.7 Å². The number of halogens is 1. The van der Waals surface area contributed by atoms with Gasteiger partial charge in [-0.25, -0.2) is 9.18 Å². The van der Waals surface area contributed by atoms with E-state index in [1.807, 2.05) is 0 Å². The summed E-state index contributed by atoms with van der Waals surface area (Å²) in [5.74, 6) is -1.55. The van der Waals surface area contributed by atoms with E-state index in [1.165, 1.54) is 43.5 Å². The van der Waals surface area contributed by atoms with E-state index in [1.54, 1.807) is 6.07 Å². The molecule has 0 atom stereocenters. The zero-order valence-corrected chi connectivity index (χ0v) is 10.7. The van der Waals surface area contributed by atoms with Crippen molar-refractivity contribution in [3.63, 3.8) is 0 Å². The lowest BCUT2D eigenvalue weighted by Gasteiger charge is -2.09. The molecule has 102 valence electrons. The van der Waals surface area contributed by atoms with Crippen molar-refractivity contribution in [2.45, 2.75) is 0 Å². The molecule has 0 saturated heterocycles. The molecule has 0 aromatic heterocycles. The zero-order valence-electron chi connectivity index (χ0n) is 10.7. The quantitative estimate of drug-likeness (QED) is 0.529. The smallest absolute Gasteiger partial charge is 0.340 e. The first-order valence-corrected chi connectivity index (χ1v) is 5.81. The molecule has 0 aliphatic rings. The highest BCUT2D eigenvalue weighted by molar-refractivity contribution is 6.16. The van der Waals surface area contributed by atoms with Crippen molar-refractivity contribution in [2.24, 2.45) is 0 Å². The number of methoxy groups -OCH3 is 1. The van der Waals surface area contributed by atoms with E-state index >= 15 is 0 Å². The topological polar surface area (TPSA) is 69.4 Å². The van der Waals surface area contributed by atoms with E-state index in [9.17, 15) is 14.0 Å². The summed E-state index contributed by atoms with van der Waals surface area (Å²) in [5.41, 5.74) is 6.29. The first-order chi connectivity index (χ1) is 9.54. The highest BCUT2D eigenvalue weighted by Crippen LogP contribution is 2.21. The second kappa shape index (κ2) is 5.52. The van der Waals surface area contributed by atoms with E-state index in [4.69, 9.17) is 5.73 Å². The summed E-state index contributed by atoms with van der Waals surface area (Å²) in [7, 11) is 1.21. The SMILES string of the molecule is COC(=O)c1c(N)cccc1C(=O)c1ccc(F)cc1. The van der Waals surface area contributed by atoms with Crippen LogP contribution >= 0.6 is 0 Å². The molecule has 0 radical (unpaired) electrons. The Morgan fingerprint density at radius 3 is 2.35 bits per heavy atom. The number of ether oxygens (including phenoxy) is 1. The number of benzene rings is 2. The summed E-state index contributed by atoms with van der Waals surface area (Å²) in [6.07, 6.45) is 0. The number of carbonyl (C=O) groups excluding carboxylic acids is 2. The number of nitrogen functional groups attached to an aromatic ring is 1. The number of ketones is 1. The van der Waals surface area contributed by atoms with Crippen molar-refractivity contribution in [1.29, 1.82) is 0 Å². The maximum atomic E-state index is 12.9. The van der Waals surface area contributed by atoms with Crippen LogP contribution in [-0.2, 0) is 4.74 Å². The van der Waals surface area contributed by atoms with Gasteiger partial charge in [-0.2, -0.15) is 0 Å². The fourth-order valence-electron chi connectivity index (χ4n) is 1.85. The van der Waals surface area contributed by atoms with E-state index in [2.05, 4.69) is 4.74 Å². The van der Waals surface area contributed by atoms with Crippen LogP contribution in [0, 0.1) is 5.82 Å². The monoisotopic (exact) mass is 273 g/mol. The lowest BCUT2D eigenvalue weighted by Crippen LogP contribution is -2.14. The molecule has 0 aliphatic carbocycles. The van der Waals surface area contributed by atoms with Crippen molar-refractivity contribution < 1.29 is 18.7 Å². The molecule has 0 unspecified atom stereocenters. The first kappa shape index (κ1) is 13.7. The Balaban J connectivity index is 2.52. The molecule has 2 N–H and O–H groups in total. The van der Waals surface area contributed by atoms with Crippen LogP contribution in [0.25, 0.3) is 0 Å². The van der Waals surface area contributed by atoms with Crippen molar-refractivity contribution >= 4 is 17.4 Å². The number of nitrogens with two attached hydrogens (primary N) is 1. The summed E-state index contributed by atoms with van der Waals surface area (Å²) in [5, 5.41) is 0. The number of anilines is 1. The number of carbonyl (C=O) groups is 2. The van der Waals surface area contributed by atoms with Crippen molar-refractivity contribution in [2.75, 3.05) is 12.8 Å². The van der Waals surface area contributed by atoms with E-state index in [0.29, 0.717) is 0 Å². The number of hydrogen-bond acceptors (Lipinski definition) is 4. The summed E-state index contributed by atoms with van der Waals surface area (Å²) >= 11 is 0. The Labute approximate surface area is 115 Å². The Kier molecular flexibility index (Phi) is 3.79. The van der Waals surface area contributed by atoms with Crippen molar-refractivity contribution in [3.05, 3.63) is 65.0 Å². The van der Waals surface area contributed by atoms with Crippen LogP contribution < -0.4 is 5.73 Å². The molecule has 0 spiro atoms. The minimum absolute atomic E-state index is 0.0179. The summed E-state index contributed by atoms with van der Waals surface area (Å²) in [6, 6.07) is 9.61. The lowest BCUT2D eigenvalue weighted by molar-refractivity contribution is 0.0599. The molecular weight excluding hydrogens is 261 g/mol. The van der Waals surface area contributed by atoms with Gasteiger partial charge in [-0.1, -0.05) is 12.1 Å². The second-order valence-corrected chi connectivity index (χ2v) is 4.10. The van der Waals surface area contributed by atoms with Crippen molar-refractivity contribution in [1.82, 2.24) is 0 Å². The Morgan fingerprint density at radius 1 is 1.10 bits per heavy atom. The minimum atomic E-state index is -0.687. The number of rotatable bonds is 3. The first-order valence-electron chi connectivity index (χ1n) is 5.81. The van der Waals surface area contributed by atoms with Gasteiger partial charge in [-0.15, -0.1) is 0 Å². The van der Waals surface area contributed by atoms with Crippen LogP contribution in [0.4, 0.5) is 10.1 Å². The Bertz CT molecular complexity index is 665. The lowest BCUT2D eigenvalue weighted by atomic mass is 9.97. The van der Waals surface area contributed by atoms with Crippen LogP contribution in [0.3, 0.4) is 0 Å². The molecular formula is C15H12FNO3. The van der Waals surface area contributed by atoms with Gasteiger partial charge in [0, 0.05) is 16.8 Å². The molecule has 20 heavy (non-hydrogen) atoms. The van der Waals surface area contributed by atoms with Gasteiger partial charge in [0.2, 0.25) is 0 Å². The maximum Gasteiger partial charge on any atom is 0.340 e. The second-order valence-electron chi connectivity index (χ2n) is 4.10. The molecule has 5 heteroatoms. The average Bonchev–Trinajstić information content (AvgIpc) is 2.46. The van der Waals surface area contributed by atoms with Gasteiger partial charge < -0.3 is 10.5 Å². The molecule has 2 aromatic rings. The molecule has 0 saturated carbocycles. The molecule has 0 aliphatic heterocycles. The van der Waals surface area contributed by atoms with Crippen LogP contribution in [0.15, 0.2) is 42.5 Å². The van der Waals surface area contributed by atoms with Gasteiger partial charge >= 0.3 is 5.97 Å². The molecule has 2 rings (SSSR count). The summed E-state index contributed by atoms with van der Waals surface area (Å²) in [6.45, 7) is 0. The Morgan fingerprint density at radius 2 is 1.75 bits per heavy atom. The molecule has 0 heterocycles. The normalized spacial score (nSPS) is 10.1. The molecule has 0 amide bonds. The summed E-state index contributed by atoms with van der Waals surface area (Å²) < 4.78 is 17.5. The van der Waals surface area contributed by atoms with Crippen LogP contribution in [0.2, 0.25) is 0 Å². The fraction of sp³-hybridized carbons (Fsp3) is 0.0667. The summed E-state index contributed by atoms with van der Waals surface area (Å²) in [4.78, 5) is 24.1.